The second kappa shape index (κ2) is 4.95. The van der Waals surface area contributed by atoms with Crippen molar-refractivity contribution in [2.45, 2.75) is 0 Å². The largest absolute Gasteiger partial charge is 0.133 e. The maximum Gasteiger partial charge on any atom is 0.0642 e. The fourth-order valence-corrected chi connectivity index (χ4v) is 6.86. The molecule has 0 saturated heterocycles. The third kappa shape index (κ3) is 1.85. The zero-order valence-corrected chi connectivity index (χ0v) is 13.7. The van der Waals surface area contributed by atoms with Gasteiger partial charge >= 0.3 is 0 Å². The zero-order chi connectivity index (χ0) is 14.4. The monoisotopic (exact) mass is 324 g/mol. The van der Waals surface area contributed by atoms with Crippen LogP contribution in [0, 0.1) is 0 Å². The molecule has 0 N–H and O–H groups in total. The molecule has 0 saturated carbocycles. The van der Waals surface area contributed by atoms with Crippen LogP contribution in [0.25, 0.3) is 41.0 Å². The smallest absolute Gasteiger partial charge is 0.0642 e. The third-order valence-electron chi connectivity index (χ3n) is 3.44. The van der Waals surface area contributed by atoms with Crippen molar-refractivity contribution in [3.8, 4) is 0 Å². The van der Waals surface area contributed by atoms with Crippen LogP contribution in [0.4, 0.5) is 0 Å². The highest BCUT2D eigenvalue weighted by Gasteiger charge is 2.14. The van der Waals surface area contributed by atoms with Crippen LogP contribution < -0.4 is 9.75 Å². The van der Waals surface area contributed by atoms with Crippen LogP contribution in [0.5, 0.6) is 0 Å². The van der Waals surface area contributed by atoms with Gasteiger partial charge in [-0.2, -0.15) is 0 Å². The molecule has 21 heavy (non-hydrogen) atoms. The Morgan fingerprint density at radius 1 is 0.762 bits per heavy atom. The van der Waals surface area contributed by atoms with Crippen LogP contribution in [-0.2, 0) is 0 Å². The Morgan fingerprint density at radius 2 is 1.52 bits per heavy atom. The van der Waals surface area contributed by atoms with Crippen LogP contribution >= 0.6 is 34.0 Å². The Bertz CT molecular complexity index is 1120. The Morgan fingerprint density at radius 3 is 2.33 bits per heavy atom. The molecule has 0 aliphatic heterocycles. The summed E-state index contributed by atoms with van der Waals surface area (Å²) in [4.78, 5) is 0. The van der Waals surface area contributed by atoms with E-state index in [1.165, 1.54) is 38.6 Å². The molecule has 0 aliphatic rings. The molecule has 1 aromatic carbocycles. The highest BCUT2D eigenvalue weighted by molar-refractivity contribution is 7.40. The SMILES string of the molecule is C=C/C=c1\c(=C/C=C)sc2c1sc1c3ccccc3sc21. The van der Waals surface area contributed by atoms with Crippen molar-refractivity contribution < 1.29 is 0 Å². The van der Waals surface area contributed by atoms with Gasteiger partial charge < -0.3 is 0 Å². The first kappa shape index (κ1) is 13.0. The van der Waals surface area contributed by atoms with Gasteiger partial charge in [-0.25, -0.2) is 0 Å². The molecule has 0 aliphatic carbocycles. The molecule has 4 rings (SSSR count). The first-order valence-electron chi connectivity index (χ1n) is 6.61. The summed E-state index contributed by atoms with van der Waals surface area (Å²) in [5.74, 6) is 0. The van der Waals surface area contributed by atoms with E-state index in [-0.39, 0.29) is 0 Å². The van der Waals surface area contributed by atoms with E-state index in [2.05, 4.69) is 49.6 Å². The Labute approximate surface area is 134 Å². The molecule has 3 heterocycles. The standard InChI is InChI=1S/C18H12S3/c1-3-7-11-13(8-4-2)19-17-15(11)21-16-12-9-5-6-10-14(12)20-18(16)17/h3-10H,1-2H2/b11-7+,13-8+. The van der Waals surface area contributed by atoms with Gasteiger partial charge in [-0.15, -0.1) is 34.0 Å². The summed E-state index contributed by atoms with van der Waals surface area (Å²) in [6, 6.07) is 8.67. The van der Waals surface area contributed by atoms with Gasteiger partial charge in [0, 0.05) is 19.8 Å². The Balaban J connectivity index is 2.26. The lowest BCUT2D eigenvalue weighted by molar-refractivity contribution is 1.82. The highest BCUT2D eigenvalue weighted by atomic mass is 32.1. The van der Waals surface area contributed by atoms with Gasteiger partial charge in [-0.3, -0.25) is 0 Å². The topological polar surface area (TPSA) is 0 Å². The number of fused-ring (bicyclic) bond motifs is 5. The van der Waals surface area contributed by atoms with Crippen molar-refractivity contribution >= 4 is 75.0 Å². The Hall–Kier alpha value is -1.68. The van der Waals surface area contributed by atoms with Crippen LogP contribution in [-0.4, -0.2) is 0 Å². The summed E-state index contributed by atoms with van der Waals surface area (Å²) < 4.78 is 8.25. The average Bonchev–Trinajstić information content (AvgIpc) is 3.11. The van der Waals surface area contributed by atoms with E-state index in [4.69, 9.17) is 0 Å². The third-order valence-corrected chi connectivity index (χ3v) is 7.46. The minimum atomic E-state index is 1.27. The van der Waals surface area contributed by atoms with Gasteiger partial charge in [0.1, 0.15) is 0 Å². The van der Waals surface area contributed by atoms with Crippen molar-refractivity contribution in [3.63, 3.8) is 0 Å². The van der Waals surface area contributed by atoms with E-state index in [1.54, 1.807) is 0 Å². The number of thiophene rings is 3. The van der Waals surface area contributed by atoms with E-state index in [1.807, 2.05) is 46.2 Å². The maximum atomic E-state index is 3.85. The van der Waals surface area contributed by atoms with Crippen molar-refractivity contribution in [2.75, 3.05) is 0 Å². The highest BCUT2D eigenvalue weighted by Crippen LogP contribution is 2.43. The minimum absolute atomic E-state index is 1.27. The van der Waals surface area contributed by atoms with Crippen LogP contribution in [0.3, 0.4) is 0 Å². The van der Waals surface area contributed by atoms with Gasteiger partial charge in [0.25, 0.3) is 0 Å². The molecular weight excluding hydrogens is 312 g/mol. The Kier molecular flexibility index (Phi) is 3.07. The minimum Gasteiger partial charge on any atom is -0.133 e. The summed E-state index contributed by atoms with van der Waals surface area (Å²) in [5, 5.41) is 2.66. The van der Waals surface area contributed by atoms with Crippen molar-refractivity contribution in [1.82, 2.24) is 0 Å². The van der Waals surface area contributed by atoms with Crippen LogP contribution in [0.1, 0.15) is 0 Å². The van der Waals surface area contributed by atoms with Crippen molar-refractivity contribution in [1.29, 1.82) is 0 Å². The molecule has 0 spiro atoms. The van der Waals surface area contributed by atoms with E-state index in [0.29, 0.717) is 0 Å². The summed E-state index contributed by atoms with van der Waals surface area (Å²) in [6.07, 6.45) is 7.92. The number of hydrogen-bond acceptors (Lipinski definition) is 3. The lowest BCUT2D eigenvalue weighted by Gasteiger charge is -1.86. The molecule has 0 radical (unpaired) electrons. The maximum absolute atomic E-state index is 3.85. The van der Waals surface area contributed by atoms with Gasteiger partial charge in [-0.1, -0.05) is 49.6 Å². The summed E-state index contributed by atoms with van der Waals surface area (Å²) in [5.41, 5.74) is 0. The molecular formula is C18H12S3. The zero-order valence-electron chi connectivity index (χ0n) is 11.3. The molecule has 0 fully saturated rings. The lowest BCUT2D eigenvalue weighted by Crippen LogP contribution is -2.16. The normalized spacial score (nSPS) is 13.7. The molecule has 0 amide bonds. The predicted molar refractivity (Wildman–Crippen MR) is 101 cm³/mol. The number of hydrogen-bond donors (Lipinski definition) is 0. The number of benzene rings is 1. The van der Waals surface area contributed by atoms with Crippen LogP contribution in [0.15, 0.2) is 49.6 Å². The number of allylic oxidation sites excluding steroid dienone is 2. The van der Waals surface area contributed by atoms with Crippen LogP contribution in [0.2, 0.25) is 0 Å². The molecule has 0 bridgehead atoms. The first-order valence-corrected chi connectivity index (χ1v) is 9.06. The molecule has 102 valence electrons. The van der Waals surface area contributed by atoms with Gasteiger partial charge in [0.05, 0.1) is 18.8 Å². The predicted octanol–water partition coefficient (Wildman–Crippen LogP) is 5.26. The van der Waals surface area contributed by atoms with Crippen molar-refractivity contribution in [3.05, 3.63) is 59.3 Å². The quantitative estimate of drug-likeness (QED) is 0.471. The molecule has 3 aromatic heterocycles. The first-order chi connectivity index (χ1) is 10.3. The summed E-state index contributed by atoms with van der Waals surface area (Å²) in [6.45, 7) is 7.68. The van der Waals surface area contributed by atoms with Gasteiger partial charge in [0.15, 0.2) is 0 Å². The van der Waals surface area contributed by atoms with E-state index < -0.39 is 0 Å². The van der Waals surface area contributed by atoms with Gasteiger partial charge in [0.2, 0.25) is 0 Å². The molecule has 0 atom stereocenters. The van der Waals surface area contributed by atoms with Crippen molar-refractivity contribution in [2.24, 2.45) is 0 Å². The average molecular weight is 324 g/mol. The molecule has 4 aromatic rings. The molecule has 0 unspecified atom stereocenters. The fourth-order valence-electron chi connectivity index (χ4n) is 2.58. The molecule has 0 nitrogen and oxygen atoms in total. The fraction of sp³-hybridized carbons (Fsp3) is 0. The summed E-state index contributed by atoms with van der Waals surface area (Å²) in [7, 11) is 0. The van der Waals surface area contributed by atoms with E-state index >= 15 is 0 Å². The summed E-state index contributed by atoms with van der Waals surface area (Å²) >= 11 is 5.65. The van der Waals surface area contributed by atoms with E-state index in [0.717, 1.165) is 0 Å². The lowest BCUT2D eigenvalue weighted by atomic mass is 10.2. The van der Waals surface area contributed by atoms with E-state index in [9.17, 15) is 0 Å². The van der Waals surface area contributed by atoms with Gasteiger partial charge in [-0.05, 0) is 12.1 Å². The molecule has 3 heteroatoms. The number of rotatable bonds is 2. The second-order valence-electron chi connectivity index (χ2n) is 4.70. The second-order valence-corrected chi connectivity index (χ2v) is 7.83.